The van der Waals surface area contributed by atoms with Crippen LogP contribution < -0.4 is 4.72 Å². The topological polar surface area (TPSA) is 96.6 Å². The Morgan fingerprint density at radius 1 is 0.921 bits per heavy atom. The molecule has 2 N–H and O–H groups in total. The Kier molecular flexibility index (Phi) is 7.21. The van der Waals surface area contributed by atoms with Crippen LogP contribution in [0.4, 0.5) is 0 Å². The van der Waals surface area contributed by atoms with Gasteiger partial charge in [-0.25, -0.2) is 8.42 Å². The number of furan rings is 1. The van der Waals surface area contributed by atoms with E-state index in [9.17, 15) is 18.3 Å². The Bertz CT molecular complexity index is 1760. The summed E-state index contributed by atoms with van der Waals surface area (Å²) in [5.41, 5.74) is 3.43. The van der Waals surface area contributed by atoms with Crippen molar-refractivity contribution in [3.8, 4) is 20.9 Å². The highest BCUT2D eigenvalue weighted by molar-refractivity contribution is 7.89. The van der Waals surface area contributed by atoms with Gasteiger partial charge in [0.2, 0.25) is 10.0 Å². The molecule has 0 aliphatic heterocycles. The van der Waals surface area contributed by atoms with Crippen LogP contribution in [-0.4, -0.2) is 25.5 Å². The van der Waals surface area contributed by atoms with Gasteiger partial charge < -0.3 is 9.52 Å². The molecule has 0 fully saturated rings. The number of carbonyl (C=O) groups is 1. The van der Waals surface area contributed by atoms with E-state index in [1.807, 2.05) is 23.5 Å². The highest BCUT2D eigenvalue weighted by Crippen LogP contribution is 2.42. The first-order valence-corrected chi connectivity index (χ1v) is 15.7. The zero-order valence-electron chi connectivity index (χ0n) is 21.6. The monoisotopic (exact) mass is 567 g/mol. The molecule has 3 aromatic heterocycles. The minimum Gasteiger partial charge on any atom is -0.480 e. The van der Waals surface area contributed by atoms with Crippen molar-refractivity contribution in [1.82, 2.24) is 4.72 Å². The number of fused-ring (bicyclic) bond motifs is 3. The summed E-state index contributed by atoms with van der Waals surface area (Å²) in [6.45, 7) is 7.66. The minimum absolute atomic E-state index is 0.0333. The predicted molar refractivity (Wildman–Crippen MR) is 156 cm³/mol. The molecule has 5 rings (SSSR count). The molecule has 198 valence electrons. The third-order valence-electron chi connectivity index (χ3n) is 6.66. The quantitative estimate of drug-likeness (QED) is 0.192. The van der Waals surface area contributed by atoms with Gasteiger partial charge >= 0.3 is 5.97 Å². The molecule has 0 unspecified atom stereocenters. The molecule has 0 aliphatic carbocycles. The third kappa shape index (κ3) is 4.91. The maximum absolute atomic E-state index is 12.9. The van der Waals surface area contributed by atoms with Crippen LogP contribution in [0, 0.1) is 5.92 Å². The lowest BCUT2D eigenvalue weighted by molar-refractivity contribution is -0.140. The summed E-state index contributed by atoms with van der Waals surface area (Å²) in [5.74, 6) is -1.62. The molecule has 0 bridgehead atoms. The second-order valence-electron chi connectivity index (χ2n) is 9.57. The van der Waals surface area contributed by atoms with Gasteiger partial charge in [0.25, 0.3) is 0 Å². The molecule has 9 heteroatoms. The first-order chi connectivity index (χ1) is 18.1. The molecule has 0 saturated heterocycles. The average Bonchev–Trinajstić information content (AvgIpc) is 3.62. The van der Waals surface area contributed by atoms with Crippen molar-refractivity contribution in [2.45, 2.75) is 51.5 Å². The molecule has 5 aromatic rings. The maximum atomic E-state index is 12.9. The average molecular weight is 568 g/mol. The number of hydrogen-bond donors (Lipinski definition) is 2. The molecule has 0 radical (unpaired) electrons. The Labute approximate surface area is 230 Å². The maximum Gasteiger partial charge on any atom is 0.322 e. The van der Waals surface area contributed by atoms with E-state index >= 15 is 0 Å². The lowest BCUT2D eigenvalue weighted by Gasteiger charge is -2.17. The van der Waals surface area contributed by atoms with E-state index in [4.69, 9.17) is 4.42 Å². The Balaban J connectivity index is 1.51. The van der Waals surface area contributed by atoms with Gasteiger partial charge in [-0.05, 0) is 66.8 Å². The minimum atomic E-state index is -4.05. The van der Waals surface area contributed by atoms with E-state index in [1.165, 1.54) is 32.3 Å². The van der Waals surface area contributed by atoms with Crippen LogP contribution >= 0.6 is 22.7 Å². The van der Waals surface area contributed by atoms with Crippen LogP contribution in [-0.2, 0) is 27.7 Å². The zero-order chi connectivity index (χ0) is 27.2. The number of benzene rings is 2. The smallest absolute Gasteiger partial charge is 0.322 e. The van der Waals surface area contributed by atoms with Crippen LogP contribution in [0.5, 0.6) is 0 Å². The lowest BCUT2D eigenvalue weighted by atomic mass is 10.1. The van der Waals surface area contributed by atoms with Crippen LogP contribution in [0.2, 0.25) is 0 Å². The van der Waals surface area contributed by atoms with E-state index in [1.54, 1.807) is 31.3 Å². The first kappa shape index (κ1) is 26.6. The fraction of sp³-hybridized carbons (Fsp3) is 0.276. The number of carboxylic acid groups (broad SMARTS) is 1. The van der Waals surface area contributed by atoms with Crippen molar-refractivity contribution in [3.63, 3.8) is 0 Å². The Hall–Kier alpha value is -2.98. The second kappa shape index (κ2) is 10.3. The molecule has 2 aromatic carbocycles. The number of rotatable bonds is 9. The van der Waals surface area contributed by atoms with Gasteiger partial charge in [-0.1, -0.05) is 33.8 Å². The van der Waals surface area contributed by atoms with Crippen LogP contribution in [0.25, 0.3) is 42.8 Å². The molecule has 3 heterocycles. The highest BCUT2D eigenvalue weighted by atomic mass is 32.2. The molecule has 0 amide bonds. The number of nitrogens with one attached hydrogen (secondary N) is 1. The largest absolute Gasteiger partial charge is 0.480 e. The summed E-state index contributed by atoms with van der Waals surface area (Å²) in [7, 11) is -4.05. The number of hydrogen-bond acceptors (Lipinski definition) is 6. The SMILES string of the molecule is CCc1ccc(-c2cc(-c3ccc4c(c3)oc3cc(S(=O)(=O)N[C@H](C(=O)O)C(C)C)ccc34)sc2CC)s1. The van der Waals surface area contributed by atoms with Crippen molar-refractivity contribution >= 4 is 60.6 Å². The molecule has 6 nitrogen and oxygen atoms in total. The van der Waals surface area contributed by atoms with Gasteiger partial charge in [-0.2, -0.15) is 4.72 Å². The molecule has 0 spiro atoms. The van der Waals surface area contributed by atoms with Crippen molar-refractivity contribution < 1.29 is 22.7 Å². The van der Waals surface area contributed by atoms with E-state index < -0.39 is 28.0 Å². The van der Waals surface area contributed by atoms with Crippen molar-refractivity contribution in [2.24, 2.45) is 5.92 Å². The molecular weight excluding hydrogens is 539 g/mol. The van der Waals surface area contributed by atoms with Gasteiger partial charge in [0, 0.05) is 41.9 Å². The van der Waals surface area contributed by atoms with Crippen molar-refractivity contribution in [2.75, 3.05) is 0 Å². The molecule has 38 heavy (non-hydrogen) atoms. The summed E-state index contributed by atoms with van der Waals surface area (Å²) < 4.78 is 34.3. The normalized spacial score (nSPS) is 13.1. The number of aryl methyl sites for hydroxylation is 2. The van der Waals surface area contributed by atoms with Crippen molar-refractivity contribution in [1.29, 1.82) is 0 Å². The zero-order valence-corrected chi connectivity index (χ0v) is 24.0. The van der Waals surface area contributed by atoms with Crippen LogP contribution in [0.3, 0.4) is 0 Å². The van der Waals surface area contributed by atoms with E-state index in [-0.39, 0.29) is 4.90 Å². The number of thiophene rings is 2. The summed E-state index contributed by atoms with van der Waals surface area (Å²) in [4.78, 5) is 16.7. The van der Waals surface area contributed by atoms with Crippen LogP contribution in [0.1, 0.15) is 37.4 Å². The van der Waals surface area contributed by atoms with Crippen LogP contribution in [0.15, 0.2) is 63.9 Å². The fourth-order valence-corrected chi connectivity index (χ4v) is 8.06. The number of carboxylic acids is 1. The fourth-order valence-electron chi connectivity index (χ4n) is 4.54. The molecular formula is C29H29NO5S3. The molecule has 0 saturated carbocycles. The summed E-state index contributed by atoms with van der Waals surface area (Å²) in [6, 6.07) is 16.2. The first-order valence-electron chi connectivity index (χ1n) is 12.5. The van der Waals surface area contributed by atoms with Gasteiger partial charge in [0.05, 0.1) is 4.90 Å². The highest BCUT2D eigenvalue weighted by Gasteiger charge is 2.28. The number of aliphatic carboxylic acids is 1. The summed E-state index contributed by atoms with van der Waals surface area (Å²) in [5, 5.41) is 11.1. The molecule has 1 atom stereocenters. The summed E-state index contributed by atoms with van der Waals surface area (Å²) >= 11 is 3.63. The van der Waals surface area contributed by atoms with E-state index in [0.29, 0.717) is 11.2 Å². The Morgan fingerprint density at radius 3 is 2.26 bits per heavy atom. The Morgan fingerprint density at radius 2 is 1.63 bits per heavy atom. The predicted octanol–water partition coefficient (Wildman–Crippen LogP) is 7.56. The number of sulfonamides is 1. The second-order valence-corrected chi connectivity index (χ2v) is 13.6. The van der Waals surface area contributed by atoms with Crippen molar-refractivity contribution in [3.05, 3.63) is 64.4 Å². The van der Waals surface area contributed by atoms with Gasteiger partial charge in [0.1, 0.15) is 17.2 Å². The lowest BCUT2D eigenvalue weighted by Crippen LogP contribution is -2.44. The standard InChI is InChI=1S/C29H29NO5S3/c1-5-18-8-12-26(36-18)22-15-27(37-25(22)6-2)17-7-10-20-21-11-9-19(14-24(21)35-23(20)13-17)38(33,34)30-28(16(3)4)29(31)32/h7-16,28,30H,5-6H2,1-4H3,(H,31,32)/t28-/m0/s1. The van der Waals surface area contributed by atoms with E-state index in [0.717, 1.165) is 34.1 Å². The summed E-state index contributed by atoms with van der Waals surface area (Å²) in [6.07, 6.45) is 1.99. The van der Waals surface area contributed by atoms with Gasteiger partial charge in [-0.3, -0.25) is 4.79 Å². The van der Waals surface area contributed by atoms with E-state index in [2.05, 4.69) is 42.8 Å². The third-order valence-corrected chi connectivity index (χ3v) is 10.7. The van der Waals surface area contributed by atoms with Gasteiger partial charge in [-0.15, -0.1) is 22.7 Å². The van der Waals surface area contributed by atoms with Gasteiger partial charge in [0.15, 0.2) is 0 Å². The molecule has 0 aliphatic rings.